The van der Waals surface area contributed by atoms with Gasteiger partial charge in [-0.3, -0.25) is 19.2 Å². The third kappa shape index (κ3) is 9.47. The fourth-order valence-corrected chi connectivity index (χ4v) is 2.31. The average molecular weight is 384 g/mol. The molecule has 10 heteroatoms. The van der Waals surface area contributed by atoms with Gasteiger partial charge in [0.15, 0.2) is 0 Å². The Morgan fingerprint density at radius 1 is 1.07 bits per heavy atom. The fraction of sp³-hybridized carbons (Fsp3) is 0.647. The van der Waals surface area contributed by atoms with Crippen LogP contribution in [0, 0.1) is 0 Å². The van der Waals surface area contributed by atoms with E-state index in [4.69, 9.17) is 11.5 Å². The number of amides is 4. The highest BCUT2D eigenvalue weighted by atomic mass is 16.2. The Bertz CT molecular complexity index is 576. The molecule has 0 saturated carbocycles. The van der Waals surface area contributed by atoms with Gasteiger partial charge in [-0.15, -0.1) is 0 Å². The van der Waals surface area contributed by atoms with Crippen molar-refractivity contribution in [3.8, 4) is 0 Å². The van der Waals surface area contributed by atoms with Crippen molar-refractivity contribution in [3.05, 3.63) is 12.4 Å². The standard InChI is InChI=1S/C17H32N6O4/c1-6-12(14(19)25)21-15(26)13(8-7-9-20-10(2)18)22-16(27)17(4,5)23-11(3)24/h12-13,20H,2,6-9,18H2,1,3-5H3,(H2,19,25)(H,21,26)(H,22,27)(H,23,24)/t12-,13-/m0/s1. The topological polar surface area (TPSA) is 168 Å². The summed E-state index contributed by atoms with van der Waals surface area (Å²) < 4.78 is 0. The van der Waals surface area contributed by atoms with Gasteiger partial charge in [0, 0.05) is 13.5 Å². The van der Waals surface area contributed by atoms with Crippen molar-refractivity contribution < 1.29 is 19.2 Å². The van der Waals surface area contributed by atoms with E-state index in [0.717, 1.165) is 0 Å². The SMILES string of the molecule is C=C(N)NCCC[C@H](NC(=O)C(C)(C)NC(C)=O)C(=O)N[C@@H](CC)C(N)=O. The van der Waals surface area contributed by atoms with Gasteiger partial charge in [-0.1, -0.05) is 13.5 Å². The molecule has 0 spiro atoms. The maximum Gasteiger partial charge on any atom is 0.245 e. The Labute approximate surface area is 159 Å². The van der Waals surface area contributed by atoms with Crippen LogP contribution in [0.25, 0.3) is 0 Å². The Morgan fingerprint density at radius 3 is 2.11 bits per heavy atom. The van der Waals surface area contributed by atoms with Crippen LogP contribution in [0.2, 0.25) is 0 Å². The number of carbonyl (C=O) groups is 4. The van der Waals surface area contributed by atoms with E-state index in [0.29, 0.717) is 25.2 Å². The molecule has 0 aliphatic heterocycles. The number of carbonyl (C=O) groups excluding carboxylic acids is 4. The summed E-state index contributed by atoms with van der Waals surface area (Å²) in [6, 6.07) is -1.74. The van der Waals surface area contributed by atoms with Crippen molar-refractivity contribution in [2.45, 2.75) is 64.6 Å². The maximum atomic E-state index is 12.5. The molecule has 0 bridgehead atoms. The predicted molar refractivity (Wildman–Crippen MR) is 102 cm³/mol. The van der Waals surface area contributed by atoms with Crippen LogP contribution in [0.3, 0.4) is 0 Å². The number of nitrogens with two attached hydrogens (primary N) is 2. The molecular weight excluding hydrogens is 352 g/mol. The molecule has 0 radical (unpaired) electrons. The number of hydrogen-bond acceptors (Lipinski definition) is 6. The highest BCUT2D eigenvalue weighted by molar-refractivity contribution is 5.95. The maximum absolute atomic E-state index is 12.5. The van der Waals surface area contributed by atoms with Gasteiger partial charge in [0.1, 0.15) is 17.6 Å². The van der Waals surface area contributed by atoms with Crippen LogP contribution >= 0.6 is 0 Å². The second-order valence-corrected chi connectivity index (χ2v) is 6.80. The van der Waals surface area contributed by atoms with Crippen molar-refractivity contribution in [2.24, 2.45) is 11.5 Å². The van der Waals surface area contributed by atoms with E-state index in [-0.39, 0.29) is 12.3 Å². The molecule has 0 aromatic rings. The number of primary amides is 1. The molecule has 0 aliphatic rings. The normalized spacial score (nSPS) is 13.0. The van der Waals surface area contributed by atoms with E-state index in [1.807, 2.05) is 0 Å². The minimum Gasteiger partial charge on any atom is -0.386 e. The highest BCUT2D eigenvalue weighted by Crippen LogP contribution is 2.06. The minimum atomic E-state index is -1.21. The zero-order chi connectivity index (χ0) is 21.2. The van der Waals surface area contributed by atoms with Crippen LogP contribution in [0.1, 0.15) is 47.0 Å². The van der Waals surface area contributed by atoms with Gasteiger partial charge in [0.2, 0.25) is 23.6 Å². The van der Waals surface area contributed by atoms with E-state index < -0.39 is 35.3 Å². The van der Waals surface area contributed by atoms with E-state index in [9.17, 15) is 19.2 Å². The minimum absolute atomic E-state index is 0.281. The average Bonchev–Trinajstić information content (AvgIpc) is 2.53. The molecular formula is C17H32N6O4. The van der Waals surface area contributed by atoms with Gasteiger partial charge in [-0.25, -0.2) is 0 Å². The van der Waals surface area contributed by atoms with E-state index in [2.05, 4.69) is 27.8 Å². The summed E-state index contributed by atoms with van der Waals surface area (Å²) in [5, 5.41) is 10.5. The first kappa shape index (κ1) is 24.2. The van der Waals surface area contributed by atoms with Crippen molar-refractivity contribution in [3.63, 3.8) is 0 Å². The molecule has 2 atom stereocenters. The molecule has 0 saturated heterocycles. The quantitative estimate of drug-likeness (QED) is 0.225. The molecule has 4 amide bonds. The lowest BCUT2D eigenvalue weighted by atomic mass is 10.0. The second kappa shape index (κ2) is 11.0. The van der Waals surface area contributed by atoms with Crippen LogP contribution in [0.15, 0.2) is 12.4 Å². The summed E-state index contributed by atoms with van der Waals surface area (Å²) in [5.74, 6) is -1.79. The van der Waals surface area contributed by atoms with Crippen LogP contribution in [0.4, 0.5) is 0 Å². The first-order valence-corrected chi connectivity index (χ1v) is 8.78. The van der Waals surface area contributed by atoms with E-state index in [1.54, 1.807) is 6.92 Å². The zero-order valence-corrected chi connectivity index (χ0v) is 16.5. The molecule has 0 aromatic heterocycles. The Kier molecular flexibility index (Phi) is 9.91. The summed E-state index contributed by atoms with van der Waals surface area (Å²) in [6.45, 7) is 10.0. The molecule has 0 aromatic carbocycles. The van der Waals surface area contributed by atoms with Crippen LogP contribution in [-0.4, -0.2) is 47.8 Å². The third-order valence-corrected chi connectivity index (χ3v) is 3.77. The molecule has 0 aliphatic carbocycles. The predicted octanol–water partition coefficient (Wildman–Crippen LogP) is -1.43. The zero-order valence-electron chi connectivity index (χ0n) is 16.5. The molecule has 154 valence electrons. The van der Waals surface area contributed by atoms with Crippen molar-refractivity contribution in [2.75, 3.05) is 6.54 Å². The first-order valence-electron chi connectivity index (χ1n) is 8.78. The molecule has 10 nitrogen and oxygen atoms in total. The fourth-order valence-electron chi connectivity index (χ4n) is 2.31. The Balaban J connectivity index is 5.13. The molecule has 27 heavy (non-hydrogen) atoms. The van der Waals surface area contributed by atoms with Gasteiger partial charge < -0.3 is 32.7 Å². The molecule has 0 heterocycles. The van der Waals surface area contributed by atoms with Crippen molar-refractivity contribution >= 4 is 23.6 Å². The van der Waals surface area contributed by atoms with Crippen molar-refractivity contribution in [1.82, 2.24) is 21.3 Å². The largest absolute Gasteiger partial charge is 0.386 e. The third-order valence-electron chi connectivity index (χ3n) is 3.77. The highest BCUT2D eigenvalue weighted by Gasteiger charge is 2.32. The number of nitrogens with one attached hydrogen (secondary N) is 4. The van der Waals surface area contributed by atoms with Gasteiger partial charge in [-0.2, -0.15) is 0 Å². The van der Waals surface area contributed by atoms with Crippen LogP contribution in [0.5, 0.6) is 0 Å². The summed E-state index contributed by atoms with van der Waals surface area (Å²) >= 11 is 0. The Morgan fingerprint density at radius 2 is 1.67 bits per heavy atom. The van der Waals surface area contributed by atoms with Gasteiger partial charge in [-0.05, 0) is 33.1 Å². The van der Waals surface area contributed by atoms with Crippen LogP contribution < -0.4 is 32.7 Å². The molecule has 0 fully saturated rings. The summed E-state index contributed by atoms with van der Waals surface area (Å²) in [5.41, 5.74) is 9.47. The van der Waals surface area contributed by atoms with Crippen LogP contribution in [-0.2, 0) is 19.2 Å². The molecule has 8 N–H and O–H groups in total. The Hall–Kier alpha value is -2.78. The smallest absolute Gasteiger partial charge is 0.245 e. The molecule has 0 rings (SSSR count). The number of rotatable bonds is 12. The first-order chi connectivity index (χ1) is 12.4. The molecule has 0 unspecified atom stereocenters. The van der Waals surface area contributed by atoms with Gasteiger partial charge in [0.05, 0.1) is 5.82 Å². The summed E-state index contributed by atoms with van der Waals surface area (Å²) in [6.07, 6.45) is 1.11. The monoisotopic (exact) mass is 384 g/mol. The van der Waals surface area contributed by atoms with Gasteiger partial charge in [0.25, 0.3) is 0 Å². The second-order valence-electron chi connectivity index (χ2n) is 6.80. The number of hydrogen-bond donors (Lipinski definition) is 6. The van der Waals surface area contributed by atoms with Gasteiger partial charge >= 0.3 is 0 Å². The lowest BCUT2D eigenvalue weighted by Crippen LogP contribution is -2.59. The van der Waals surface area contributed by atoms with E-state index in [1.165, 1.54) is 20.8 Å². The lowest BCUT2D eigenvalue weighted by molar-refractivity contribution is -0.135. The van der Waals surface area contributed by atoms with E-state index >= 15 is 0 Å². The lowest BCUT2D eigenvalue weighted by Gasteiger charge is -2.28. The van der Waals surface area contributed by atoms with Crippen molar-refractivity contribution in [1.29, 1.82) is 0 Å². The summed E-state index contributed by atoms with van der Waals surface area (Å²) in [7, 11) is 0. The summed E-state index contributed by atoms with van der Waals surface area (Å²) in [4.78, 5) is 47.7.